The van der Waals surface area contributed by atoms with Gasteiger partial charge in [0.05, 0.1) is 30.4 Å². The lowest BCUT2D eigenvalue weighted by Gasteiger charge is -2.37. The molecular formula is C23H24Cl2O7. The molecule has 0 radical (unpaired) electrons. The van der Waals surface area contributed by atoms with Gasteiger partial charge in [0.25, 0.3) is 0 Å². The van der Waals surface area contributed by atoms with Gasteiger partial charge < -0.3 is 28.4 Å². The highest BCUT2D eigenvalue weighted by atomic mass is 35.5. The molecule has 2 saturated heterocycles. The van der Waals surface area contributed by atoms with Crippen molar-refractivity contribution in [2.75, 3.05) is 13.7 Å². The van der Waals surface area contributed by atoms with Crippen molar-refractivity contribution in [2.45, 2.75) is 50.8 Å². The molecule has 2 aliphatic heterocycles. The highest BCUT2D eigenvalue weighted by Gasteiger charge is 2.53. The molecule has 9 heteroatoms. The minimum atomic E-state index is -0.911. The molecule has 4 rings (SSSR count). The number of fused-ring (bicyclic) bond motifs is 1. The minimum Gasteiger partial charge on any atom is -0.494 e. The molecule has 172 valence electrons. The van der Waals surface area contributed by atoms with E-state index in [1.165, 1.54) is 13.2 Å². The van der Waals surface area contributed by atoms with Crippen molar-refractivity contribution >= 4 is 29.2 Å². The van der Waals surface area contributed by atoms with Crippen molar-refractivity contribution in [1.82, 2.24) is 0 Å². The first kappa shape index (κ1) is 23.3. The van der Waals surface area contributed by atoms with E-state index >= 15 is 0 Å². The second-order valence-electron chi connectivity index (χ2n) is 7.94. The lowest BCUT2D eigenvalue weighted by Crippen LogP contribution is -2.54. The van der Waals surface area contributed by atoms with Gasteiger partial charge in [0.15, 0.2) is 23.9 Å². The SMILES string of the molecule is COc1c(Cl)ccc(Cl)c1C(=O)OC1C2OC(C)(C)O[C@H]2CO[C@H]1OCc1ccccc1. The Labute approximate surface area is 196 Å². The Hall–Kier alpha value is -1.87. The molecule has 0 aromatic heterocycles. The van der Waals surface area contributed by atoms with Crippen LogP contribution in [0, 0.1) is 0 Å². The summed E-state index contributed by atoms with van der Waals surface area (Å²) < 4.78 is 34.9. The summed E-state index contributed by atoms with van der Waals surface area (Å²) in [6.07, 6.45) is -2.79. The van der Waals surface area contributed by atoms with Gasteiger partial charge in [0.1, 0.15) is 17.8 Å². The van der Waals surface area contributed by atoms with Crippen molar-refractivity contribution in [2.24, 2.45) is 0 Å². The second kappa shape index (κ2) is 9.55. The number of rotatable bonds is 6. The zero-order valence-electron chi connectivity index (χ0n) is 17.9. The first-order valence-corrected chi connectivity index (χ1v) is 10.9. The Morgan fingerprint density at radius 3 is 2.53 bits per heavy atom. The quantitative estimate of drug-likeness (QED) is 0.556. The van der Waals surface area contributed by atoms with Crippen LogP contribution in [0.25, 0.3) is 0 Å². The van der Waals surface area contributed by atoms with Gasteiger partial charge in [-0.05, 0) is 31.5 Å². The van der Waals surface area contributed by atoms with Gasteiger partial charge in [-0.25, -0.2) is 4.79 Å². The first-order chi connectivity index (χ1) is 15.3. The summed E-state index contributed by atoms with van der Waals surface area (Å²) in [6.45, 7) is 4.09. The number of esters is 1. The second-order valence-corrected chi connectivity index (χ2v) is 8.76. The molecule has 7 nitrogen and oxygen atoms in total. The van der Waals surface area contributed by atoms with Crippen LogP contribution in [0.2, 0.25) is 10.0 Å². The molecule has 2 aromatic carbocycles. The van der Waals surface area contributed by atoms with Crippen LogP contribution in [0.4, 0.5) is 0 Å². The van der Waals surface area contributed by atoms with Gasteiger partial charge >= 0.3 is 5.97 Å². The van der Waals surface area contributed by atoms with E-state index < -0.39 is 36.4 Å². The van der Waals surface area contributed by atoms with Gasteiger partial charge in [0.2, 0.25) is 0 Å². The summed E-state index contributed by atoms with van der Waals surface area (Å²) in [5, 5.41) is 0.385. The van der Waals surface area contributed by atoms with Crippen molar-refractivity contribution in [3.8, 4) is 5.75 Å². The van der Waals surface area contributed by atoms with E-state index in [1.54, 1.807) is 19.9 Å². The van der Waals surface area contributed by atoms with Crippen molar-refractivity contribution in [3.05, 3.63) is 63.6 Å². The third kappa shape index (κ3) is 4.88. The van der Waals surface area contributed by atoms with Crippen LogP contribution in [0.1, 0.15) is 29.8 Å². The number of carbonyl (C=O) groups excluding carboxylic acids is 1. The largest absolute Gasteiger partial charge is 0.494 e. The van der Waals surface area contributed by atoms with Gasteiger partial charge in [-0.2, -0.15) is 0 Å². The standard InChI is InChI=1S/C23H24Cl2O7/c1-23(2)31-16-12-29-22(28-11-13-7-5-4-6-8-13)20(19(16)32-23)30-21(26)17-14(24)9-10-15(25)18(17)27-3/h4-10,16,19-20,22H,11-12H2,1-3H3/t16-,19?,20?,22+/m0/s1. The van der Waals surface area contributed by atoms with Crippen LogP contribution in [-0.4, -0.2) is 50.1 Å². The van der Waals surface area contributed by atoms with Crippen LogP contribution in [0.5, 0.6) is 5.75 Å². The number of methoxy groups -OCH3 is 1. The first-order valence-electron chi connectivity index (χ1n) is 10.1. The Bertz CT molecular complexity index is 966. The molecule has 0 aliphatic carbocycles. The molecule has 0 bridgehead atoms. The minimum absolute atomic E-state index is 0.0174. The van der Waals surface area contributed by atoms with E-state index in [-0.39, 0.29) is 34.6 Å². The number of halogens is 2. The van der Waals surface area contributed by atoms with E-state index in [9.17, 15) is 4.79 Å². The van der Waals surface area contributed by atoms with Crippen LogP contribution >= 0.6 is 23.2 Å². The molecule has 0 N–H and O–H groups in total. The van der Waals surface area contributed by atoms with E-state index in [2.05, 4.69) is 0 Å². The fraction of sp³-hybridized carbons (Fsp3) is 0.435. The summed E-state index contributed by atoms with van der Waals surface area (Å²) in [4.78, 5) is 13.2. The molecule has 0 spiro atoms. The average molecular weight is 483 g/mol. The molecule has 32 heavy (non-hydrogen) atoms. The Kier molecular flexibility index (Phi) is 6.95. The van der Waals surface area contributed by atoms with Gasteiger partial charge in [-0.1, -0.05) is 53.5 Å². The van der Waals surface area contributed by atoms with Gasteiger partial charge in [-0.15, -0.1) is 0 Å². The summed E-state index contributed by atoms with van der Waals surface area (Å²) in [7, 11) is 1.40. The summed E-state index contributed by atoms with van der Waals surface area (Å²) in [5.74, 6) is -1.46. The van der Waals surface area contributed by atoms with Crippen LogP contribution in [0.15, 0.2) is 42.5 Å². The molecule has 2 aliphatic rings. The molecule has 0 amide bonds. The number of carbonyl (C=O) groups is 1. The Balaban J connectivity index is 1.59. The zero-order valence-corrected chi connectivity index (χ0v) is 19.4. The van der Waals surface area contributed by atoms with E-state index in [4.69, 9.17) is 51.6 Å². The van der Waals surface area contributed by atoms with E-state index in [0.717, 1.165) is 5.56 Å². The number of benzene rings is 2. The van der Waals surface area contributed by atoms with Gasteiger partial charge in [0, 0.05) is 0 Å². The number of hydrogen-bond acceptors (Lipinski definition) is 7. The van der Waals surface area contributed by atoms with E-state index in [1.807, 2.05) is 30.3 Å². The van der Waals surface area contributed by atoms with Crippen LogP contribution < -0.4 is 4.74 Å². The maximum absolute atomic E-state index is 13.2. The van der Waals surface area contributed by atoms with Crippen molar-refractivity contribution in [3.63, 3.8) is 0 Å². The summed E-state index contributed by atoms with van der Waals surface area (Å²) in [6, 6.07) is 12.7. The topological polar surface area (TPSA) is 72.5 Å². The zero-order chi connectivity index (χ0) is 22.9. The lowest BCUT2D eigenvalue weighted by atomic mass is 10.0. The van der Waals surface area contributed by atoms with Crippen LogP contribution in [0.3, 0.4) is 0 Å². The molecule has 0 saturated carbocycles. The fourth-order valence-electron chi connectivity index (χ4n) is 3.83. The molecule has 4 atom stereocenters. The third-order valence-corrected chi connectivity index (χ3v) is 5.82. The maximum Gasteiger partial charge on any atom is 0.344 e. The average Bonchev–Trinajstić information content (AvgIpc) is 3.09. The predicted molar refractivity (Wildman–Crippen MR) is 117 cm³/mol. The number of ether oxygens (including phenoxy) is 6. The highest BCUT2D eigenvalue weighted by Crippen LogP contribution is 2.39. The smallest absolute Gasteiger partial charge is 0.344 e. The molecule has 2 fully saturated rings. The molecule has 2 aromatic rings. The fourth-order valence-corrected chi connectivity index (χ4v) is 4.29. The number of hydrogen-bond donors (Lipinski definition) is 0. The van der Waals surface area contributed by atoms with Crippen molar-refractivity contribution in [1.29, 1.82) is 0 Å². The monoisotopic (exact) mass is 482 g/mol. The molecular weight excluding hydrogens is 459 g/mol. The normalized spacial score (nSPS) is 26.4. The predicted octanol–water partition coefficient (Wildman–Crippen LogP) is 4.62. The highest BCUT2D eigenvalue weighted by molar-refractivity contribution is 6.37. The summed E-state index contributed by atoms with van der Waals surface area (Å²) in [5.41, 5.74) is 0.968. The van der Waals surface area contributed by atoms with Gasteiger partial charge in [-0.3, -0.25) is 0 Å². The van der Waals surface area contributed by atoms with Crippen molar-refractivity contribution < 1.29 is 33.2 Å². The molecule has 2 heterocycles. The Morgan fingerprint density at radius 2 is 1.81 bits per heavy atom. The third-order valence-electron chi connectivity index (χ3n) is 5.21. The lowest BCUT2D eigenvalue weighted by molar-refractivity contribution is -0.255. The Morgan fingerprint density at radius 1 is 1.09 bits per heavy atom. The van der Waals surface area contributed by atoms with Crippen LogP contribution in [-0.2, 0) is 30.3 Å². The maximum atomic E-state index is 13.2. The summed E-state index contributed by atoms with van der Waals surface area (Å²) >= 11 is 12.4. The molecule has 2 unspecified atom stereocenters. The van der Waals surface area contributed by atoms with E-state index in [0.29, 0.717) is 0 Å².